The van der Waals surface area contributed by atoms with Crippen LogP contribution in [0.3, 0.4) is 0 Å². The number of piperidine rings is 1. The van der Waals surface area contributed by atoms with Gasteiger partial charge in [-0.25, -0.2) is 0 Å². The van der Waals surface area contributed by atoms with E-state index in [1.165, 1.54) is 12.8 Å². The van der Waals surface area contributed by atoms with Crippen molar-refractivity contribution >= 4 is 18.3 Å². The Labute approximate surface area is 104 Å². The van der Waals surface area contributed by atoms with Crippen LogP contribution in [-0.4, -0.2) is 24.0 Å². The SMILES string of the molecule is CC(C)(C)C(=O)NC1CC2CCC(C1)N2.Cl. The number of hydrogen-bond donors (Lipinski definition) is 2. The quantitative estimate of drug-likeness (QED) is 0.742. The molecule has 0 aromatic heterocycles. The molecule has 0 aromatic rings. The number of carbonyl (C=O) groups is 1. The smallest absolute Gasteiger partial charge is 0.225 e. The number of nitrogens with one attached hydrogen (secondary N) is 2. The van der Waals surface area contributed by atoms with Crippen molar-refractivity contribution in [1.29, 1.82) is 0 Å². The van der Waals surface area contributed by atoms with Crippen LogP contribution in [0.15, 0.2) is 0 Å². The Balaban J connectivity index is 0.00000128. The summed E-state index contributed by atoms with van der Waals surface area (Å²) in [5.74, 6) is 0.189. The van der Waals surface area contributed by atoms with Gasteiger partial charge in [-0.05, 0) is 25.7 Å². The second kappa shape index (κ2) is 4.92. The zero-order chi connectivity index (χ0) is 11.1. The second-order valence-corrected chi connectivity index (χ2v) is 6.03. The molecule has 94 valence electrons. The highest BCUT2D eigenvalue weighted by molar-refractivity contribution is 5.85. The largest absolute Gasteiger partial charge is 0.353 e. The maximum absolute atomic E-state index is 11.8. The number of amides is 1. The molecule has 2 N–H and O–H groups in total. The summed E-state index contributed by atoms with van der Waals surface area (Å²) >= 11 is 0. The highest BCUT2D eigenvalue weighted by Gasteiger charge is 2.35. The van der Waals surface area contributed by atoms with Crippen LogP contribution in [0.2, 0.25) is 0 Å². The molecule has 0 radical (unpaired) electrons. The van der Waals surface area contributed by atoms with Gasteiger partial charge in [0.2, 0.25) is 5.91 Å². The Bertz CT molecular complexity index is 250. The van der Waals surface area contributed by atoms with Crippen LogP contribution >= 0.6 is 12.4 Å². The van der Waals surface area contributed by atoms with Crippen molar-refractivity contribution in [2.75, 3.05) is 0 Å². The van der Waals surface area contributed by atoms with Gasteiger partial charge in [0.05, 0.1) is 0 Å². The molecule has 2 aliphatic heterocycles. The Kier molecular flexibility index (Phi) is 4.24. The van der Waals surface area contributed by atoms with E-state index in [0.717, 1.165) is 12.8 Å². The molecule has 2 unspecified atom stereocenters. The zero-order valence-corrected chi connectivity index (χ0v) is 11.2. The maximum Gasteiger partial charge on any atom is 0.225 e. The molecule has 2 bridgehead atoms. The summed E-state index contributed by atoms with van der Waals surface area (Å²) in [5.41, 5.74) is -0.260. The van der Waals surface area contributed by atoms with E-state index in [1.54, 1.807) is 0 Å². The van der Waals surface area contributed by atoms with E-state index >= 15 is 0 Å². The molecule has 2 aliphatic rings. The van der Waals surface area contributed by atoms with Crippen molar-refractivity contribution in [2.45, 2.75) is 64.6 Å². The molecule has 4 heteroatoms. The van der Waals surface area contributed by atoms with E-state index < -0.39 is 0 Å². The predicted molar refractivity (Wildman–Crippen MR) is 67.8 cm³/mol. The molecular weight excluding hydrogens is 224 g/mol. The number of carbonyl (C=O) groups excluding carboxylic acids is 1. The molecule has 0 aromatic carbocycles. The number of hydrogen-bond acceptors (Lipinski definition) is 2. The van der Waals surface area contributed by atoms with Crippen LogP contribution in [0, 0.1) is 5.41 Å². The molecule has 2 rings (SSSR count). The topological polar surface area (TPSA) is 41.1 Å². The zero-order valence-electron chi connectivity index (χ0n) is 10.4. The van der Waals surface area contributed by atoms with Gasteiger partial charge in [-0.3, -0.25) is 4.79 Å². The van der Waals surface area contributed by atoms with E-state index in [-0.39, 0.29) is 23.7 Å². The van der Waals surface area contributed by atoms with Gasteiger partial charge >= 0.3 is 0 Å². The summed E-state index contributed by atoms with van der Waals surface area (Å²) in [7, 11) is 0. The molecule has 0 spiro atoms. The van der Waals surface area contributed by atoms with Crippen molar-refractivity contribution in [2.24, 2.45) is 5.41 Å². The third-order valence-corrected chi connectivity index (χ3v) is 3.49. The number of halogens is 1. The standard InChI is InChI=1S/C12H22N2O.ClH/c1-12(2,3)11(15)14-10-6-8-4-5-9(7-10)13-8;/h8-10,13H,4-7H2,1-3H3,(H,14,15);1H. The highest BCUT2D eigenvalue weighted by Crippen LogP contribution is 2.27. The molecule has 2 fully saturated rings. The molecule has 3 nitrogen and oxygen atoms in total. The Morgan fingerprint density at radius 3 is 2.12 bits per heavy atom. The van der Waals surface area contributed by atoms with E-state index in [4.69, 9.17) is 0 Å². The Morgan fingerprint density at radius 1 is 1.19 bits per heavy atom. The van der Waals surface area contributed by atoms with Gasteiger partial charge in [0, 0.05) is 23.5 Å². The van der Waals surface area contributed by atoms with Gasteiger partial charge in [-0.15, -0.1) is 12.4 Å². The minimum atomic E-state index is -0.260. The van der Waals surface area contributed by atoms with Crippen LogP contribution in [-0.2, 0) is 4.79 Å². The van der Waals surface area contributed by atoms with Crippen LogP contribution in [0.4, 0.5) is 0 Å². The summed E-state index contributed by atoms with van der Waals surface area (Å²) in [6, 6.07) is 1.69. The average molecular weight is 247 g/mol. The fourth-order valence-electron chi connectivity index (χ4n) is 2.58. The minimum Gasteiger partial charge on any atom is -0.353 e. The fourth-order valence-corrected chi connectivity index (χ4v) is 2.58. The van der Waals surface area contributed by atoms with Crippen LogP contribution < -0.4 is 10.6 Å². The normalized spacial score (nSPS) is 33.1. The van der Waals surface area contributed by atoms with E-state index in [2.05, 4.69) is 10.6 Å². The molecule has 2 heterocycles. The first-order valence-electron chi connectivity index (χ1n) is 6.02. The molecule has 0 saturated carbocycles. The van der Waals surface area contributed by atoms with Crippen molar-refractivity contribution < 1.29 is 4.79 Å². The summed E-state index contributed by atoms with van der Waals surface area (Å²) < 4.78 is 0. The van der Waals surface area contributed by atoms with E-state index in [1.807, 2.05) is 20.8 Å². The lowest BCUT2D eigenvalue weighted by atomic mass is 9.93. The summed E-state index contributed by atoms with van der Waals surface area (Å²) in [5, 5.41) is 6.76. The van der Waals surface area contributed by atoms with Crippen LogP contribution in [0.25, 0.3) is 0 Å². The van der Waals surface area contributed by atoms with Crippen LogP contribution in [0.5, 0.6) is 0 Å². The third-order valence-electron chi connectivity index (χ3n) is 3.49. The Hall–Kier alpha value is -0.280. The molecule has 1 amide bonds. The first-order valence-corrected chi connectivity index (χ1v) is 6.02. The lowest BCUT2D eigenvalue weighted by molar-refractivity contribution is -0.129. The summed E-state index contributed by atoms with van der Waals surface area (Å²) in [4.78, 5) is 11.8. The molecule has 2 saturated heterocycles. The van der Waals surface area contributed by atoms with Gasteiger partial charge in [-0.2, -0.15) is 0 Å². The monoisotopic (exact) mass is 246 g/mol. The maximum atomic E-state index is 11.8. The van der Waals surface area contributed by atoms with Gasteiger partial charge in [0.1, 0.15) is 0 Å². The second-order valence-electron chi connectivity index (χ2n) is 6.03. The number of rotatable bonds is 1. The minimum absolute atomic E-state index is 0. The Morgan fingerprint density at radius 2 is 1.69 bits per heavy atom. The summed E-state index contributed by atoms with van der Waals surface area (Å²) in [6.07, 6.45) is 4.79. The van der Waals surface area contributed by atoms with Crippen molar-refractivity contribution in [1.82, 2.24) is 10.6 Å². The summed E-state index contributed by atoms with van der Waals surface area (Å²) in [6.45, 7) is 5.91. The van der Waals surface area contributed by atoms with Crippen molar-refractivity contribution in [3.8, 4) is 0 Å². The van der Waals surface area contributed by atoms with Crippen molar-refractivity contribution in [3.63, 3.8) is 0 Å². The third kappa shape index (κ3) is 3.11. The first kappa shape index (κ1) is 13.8. The first-order chi connectivity index (χ1) is 6.95. The predicted octanol–water partition coefficient (Wildman–Crippen LogP) is 1.85. The highest BCUT2D eigenvalue weighted by atomic mass is 35.5. The molecule has 2 atom stereocenters. The van der Waals surface area contributed by atoms with Gasteiger partial charge in [0.15, 0.2) is 0 Å². The van der Waals surface area contributed by atoms with Gasteiger partial charge in [-0.1, -0.05) is 20.8 Å². The van der Waals surface area contributed by atoms with E-state index in [9.17, 15) is 4.79 Å². The van der Waals surface area contributed by atoms with Gasteiger partial charge in [0.25, 0.3) is 0 Å². The molecule has 16 heavy (non-hydrogen) atoms. The van der Waals surface area contributed by atoms with E-state index in [0.29, 0.717) is 18.1 Å². The van der Waals surface area contributed by atoms with Crippen molar-refractivity contribution in [3.05, 3.63) is 0 Å². The molecular formula is C12H23ClN2O. The van der Waals surface area contributed by atoms with Gasteiger partial charge < -0.3 is 10.6 Å². The van der Waals surface area contributed by atoms with Crippen LogP contribution in [0.1, 0.15) is 46.5 Å². The molecule has 0 aliphatic carbocycles. The fraction of sp³-hybridized carbons (Fsp3) is 0.917. The number of fused-ring (bicyclic) bond motifs is 2. The average Bonchev–Trinajstić information content (AvgIpc) is 2.44. The lowest BCUT2D eigenvalue weighted by Crippen LogP contribution is -2.50. The lowest BCUT2D eigenvalue weighted by Gasteiger charge is -2.31.